The third-order valence-electron chi connectivity index (χ3n) is 5.72. The quantitative estimate of drug-likeness (QED) is 0.687. The molecular weight excluding hydrogens is 428 g/mol. The van der Waals surface area contributed by atoms with Crippen LogP contribution in [-0.2, 0) is 10.7 Å². The molecule has 1 aliphatic heterocycles. The van der Waals surface area contributed by atoms with Crippen LogP contribution >= 0.6 is 0 Å². The van der Waals surface area contributed by atoms with E-state index in [0.29, 0.717) is 12.1 Å². The molecule has 2 atom stereocenters. The number of nitrogens with zero attached hydrogens (tertiary/aromatic N) is 1. The molecule has 2 N–H and O–H groups in total. The molecule has 5 nitrogen and oxygen atoms in total. The molecule has 1 fully saturated rings. The third kappa shape index (κ3) is 4.62. The van der Waals surface area contributed by atoms with E-state index in [-0.39, 0.29) is 29.9 Å². The molecule has 1 heterocycles. The number of aliphatic hydroxyl groups is 1. The fraction of sp³-hybridized carbons (Fsp3) is 0.391. The zero-order valence-electron chi connectivity index (χ0n) is 17.8. The lowest BCUT2D eigenvalue weighted by Gasteiger charge is -2.40. The van der Waals surface area contributed by atoms with Crippen LogP contribution in [0.5, 0.6) is 0 Å². The summed E-state index contributed by atoms with van der Waals surface area (Å²) in [6.07, 6.45) is -0.730. The smallest absolute Gasteiger partial charge is 0.352 e. The second kappa shape index (κ2) is 8.90. The molecule has 1 aliphatic rings. The van der Waals surface area contributed by atoms with E-state index in [2.05, 4.69) is 5.32 Å². The van der Waals surface area contributed by atoms with Gasteiger partial charge in [-0.15, -0.1) is 0 Å². The van der Waals surface area contributed by atoms with E-state index >= 15 is 8.78 Å². The minimum atomic E-state index is -4.21. The van der Waals surface area contributed by atoms with Crippen molar-refractivity contribution in [3.05, 3.63) is 64.7 Å². The van der Waals surface area contributed by atoms with Crippen LogP contribution in [0.25, 0.3) is 0 Å². The van der Waals surface area contributed by atoms with E-state index in [1.165, 1.54) is 19.1 Å². The molecule has 2 unspecified atom stereocenters. The predicted molar refractivity (Wildman–Crippen MR) is 110 cm³/mol. The Balaban J connectivity index is 1.85. The number of benzene rings is 2. The van der Waals surface area contributed by atoms with Gasteiger partial charge in [-0.05, 0) is 60.7 Å². The Morgan fingerprint density at radius 2 is 1.62 bits per heavy atom. The largest absolute Gasteiger partial charge is 0.392 e. The van der Waals surface area contributed by atoms with Gasteiger partial charge >= 0.3 is 5.92 Å². The van der Waals surface area contributed by atoms with Crippen LogP contribution in [-0.4, -0.2) is 41.0 Å². The summed E-state index contributed by atoms with van der Waals surface area (Å²) < 4.78 is 57.8. The average molecular weight is 452 g/mol. The average Bonchev–Trinajstić information content (AvgIpc) is 2.73. The number of halogens is 4. The first-order valence-electron chi connectivity index (χ1n) is 10.1. The van der Waals surface area contributed by atoms with Crippen LogP contribution in [0, 0.1) is 30.4 Å². The van der Waals surface area contributed by atoms with Crippen molar-refractivity contribution in [2.45, 2.75) is 32.8 Å². The second-order valence-electron chi connectivity index (χ2n) is 8.34. The predicted octanol–water partition coefficient (Wildman–Crippen LogP) is 4.09. The SMILES string of the molecule is Cc1cc(NC(=O)c2ccc(F)c(C(F)(F)C(=O)N3CC(C)C(O)C(C)C3)c2)ccc1F. The van der Waals surface area contributed by atoms with Crippen LogP contribution in [0.3, 0.4) is 0 Å². The molecule has 172 valence electrons. The lowest BCUT2D eigenvalue weighted by molar-refractivity contribution is -0.165. The van der Waals surface area contributed by atoms with E-state index in [1.807, 2.05) is 0 Å². The van der Waals surface area contributed by atoms with Gasteiger partial charge in [-0.3, -0.25) is 9.59 Å². The number of hydrogen-bond acceptors (Lipinski definition) is 3. The number of nitrogens with one attached hydrogen (secondary N) is 1. The molecule has 0 bridgehead atoms. The summed E-state index contributed by atoms with van der Waals surface area (Å²) in [4.78, 5) is 26.0. The van der Waals surface area contributed by atoms with Crippen LogP contribution < -0.4 is 5.32 Å². The summed E-state index contributed by atoms with van der Waals surface area (Å²) in [6.45, 7) is 4.59. The molecule has 2 amide bonds. The lowest BCUT2D eigenvalue weighted by atomic mass is 9.88. The van der Waals surface area contributed by atoms with Crippen LogP contribution in [0.1, 0.15) is 35.3 Å². The number of amides is 2. The maximum Gasteiger partial charge on any atom is 0.352 e. The molecule has 0 spiro atoms. The molecule has 0 aromatic heterocycles. The zero-order valence-corrected chi connectivity index (χ0v) is 17.8. The van der Waals surface area contributed by atoms with Crippen LogP contribution in [0.15, 0.2) is 36.4 Å². The molecule has 2 aromatic carbocycles. The minimum absolute atomic E-state index is 0.0916. The van der Waals surface area contributed by atoms with Crippen molar-refractivity contribution in [3.63, 3.8) is 0 Å². The molecular formula is C23H24F4N2O3. The molecule has 9 heteroatoms. The number of anilines is 1. The van der Waals surface area contributed by atoms with Gasteiger partial charge in [0.05, 0.1) is 11.7 Å². The Bertz CT molecular complexity index is 1030. The first-order chi connectivity index (χ1) is 14.9. The van der Waals surface area contributed by atoms with Gasteiger partial charge < -0.3 is 15.3 Å². The highest BCUT2D eigenvalue weighted by molar-refractivity contribution is 6.04. The molecule has 0 radical (unpaired) electrons. The zero-order chi connectivity index (χ0) is 23.8. The van der Waals surface area contributed by atoms with E-state index in [0.717, 1.165) is 17.0 Å². The summed E-state index contributed by atoms with van der Waals surface area (Å²) in [5, 5.41) is 12.4. The van der Waals surface area contributed by atoms with Crippen molar-refractivity contribution >= 4 is 17.5 Å². The van der Waals surface area contributed by atoms with Gasteiger partial charge in [0.25, 0.3) is 11.8 Å². The normalized spacial score (nSPS) is 21.4. The number of hydrogen-bond donors (Lipinski definition) is 2. The summed E-state index contributed by atoms with van der Waals surface area (Å²) in [5.74, 6) is -9.25. The fourth-order valence-corrected chi connectivity index (χ4v) is 3.86. The number of carbonyl (C=O) groups excluding carboxylic acids is 2. The lowest BCUT2D eigenvalue weighted by Crippen LogP contribution is -2.53. The fourth-order valence-electron chi connectivity index (χ4n) is 3.86. The summed E-state index contributed by atoms with van der Waals surface area (Å²) in [5.41, 5.74) is -0.990. The minimum Gasteiger partial charge on any atom is -0.392 e. The Hall–Kier alpha value is -2.94. The molecule has 0 aliphatic carbocycles. The number of aliphatic hydroxyl groups excluding tert-OH is 1. The van der Waals surface area contributed by atoms with Gasteiger partial charge in [-0.25, -0.2) is 8.78 Å². The Morgan fingerprint density at radius 1 is 1.03 bits per heavy atom. The number of aryl methyl sites for hydroxylation is 1. The second-order valence-corrected chi connectivity index (χ2v) is 8.34. The van der Waals surface area contributed by atoms with E-state index in [1.54, 1.807) is 13.8 Å². The Morgan fingerprint density at radius 3 is 2.22 bits per heavy atom. The molecule has 1 saturated heterocycles. The van der Waals surface area contributed by atoms with Crippen molar-refractivity contribution in [1.82, 2.24) is 4.90 Å². The standard InChI is InChI=1S/C23H24F4N2O3/c1-12-8-16(5-7-18(12)24)28-21(31)15-4-6-19(25)17(9-15)23(26,27)22(32)29-10-13(2)20(30)14(3)11-29/h4-9,13-14,20,30H,10-11H2,1-3H3,(H,28,31). The van der Waals surface area contributed by atoms with Gasteiger partial charge in [-0.2, -0.15) is 8.78 Å². The van der Waals surface area contributed by atoms with Crippen molar-refractivity contribution in [2.24, 2.45) is 11.8 Å². The van der Waals surface area contributed by atoms with Gasteiger partial charge in [-0.1, -0.05) is 13.8 Å². The highest BCUT2D eigenvalue weighted by Gasteiger charge is 2.48. The van der Waals surface area contributed by atoms with Gasteiger partial charge in [0.2, 0.25) is 0 Å². The molecule has 32 heavy (non-hydrogen) atoms. The van der Waals surface area contributed by atoms with Crippen molar-refractivity contribution < 1.29 is 32.3 Å². The van der Waals surface area contributed by atoms with Gasteiger partial charge in [0, 0.05) is 24.3 Å². The van der Waals surface area contributed by atoms with Gasteiger partial charge in [0.15, 0.2) is 0 Å². The maximum atomic E-state index is 15.0. The summed E-state index contributed by atoms with van der Waals surface area (Å²) >= 11 is 0. The third-order valence-corrected chi connectivity index (χ3v) is 5.72. The highest BCUT2D eigenvalue weighted by atomic mass is 19.3. The van der Waals surface area contributed by atoms with Crippen molar-refractivity contribution in [3.8, 4) is 0 Å². The van der Waals surface area contributed by atoms with Gasteiger partial charge in [0.1, 0.15) is 11.6 Å². The van der Waals surface area contributed by atoms with E-state index in [4.69, 9.17) is 0 Å². The number of likely N-dealkylation sites (tertiary alicyclic amines) is 1. The first kappa shape index (κ1) is 23.7. The van der Waals surface area contributed by atoms with Crippen molar-refractivity contribution in [1.29, 1.82) is 0 Å². The molecule has 0 saturated carbocycles. The molecule has 2 aromatic rings. The highest BCUT2D eigenvalue weighted by Crippen LogP contribution is 2.35. The monoisotopic (exact) mass is 452 g/mol. The van der Waals surface area contributed by atoms with Crippen molar-refractivity contribution in [2.75, 3.05) is 18.4 Å². The number of piperidine rings is 1. The first-order valence-corrected chi connectivity index (χ1v) is 10.1. The number of rotatable bonds is 4. The van der Waals surface area contributed by atoms with Crippen LogP contribution in [0.4, 0.5) is 23.2 Å². The maximum absolute atomic E-state index is 15.0. The summed E-state index contributed by atoms with van der Waals surface area (Å²) in [7, 11) is 0. The number of alkyl halides is 2. The Labute approximate surface area is 183 Å². The molecule has 3 rings (SSSR count). The summed E-state index contributed by atoms with van der Waals surface area (Å²) in [6, 6.07) is 6.17. The number of carbonyl (C=O) groups is 2. The van der Waals surface area contributed by atoms with E-state index in [9.17, 15) is 23.5 Å². The van der Waals surface area contributed by atoms with E-state index < -0.39 is 52.9 Å². The van der Waals surface area contributed by atoms with Crippen LogP contribution in [0.2, 0.25) is 0 Å². The Kier molecular flexibility index (Phi) is 6.59. The topological polar surface area (TPSA) is 69.6 Å².